The summed E-state index contributed by atoms with van der Waals surface area (Å²) in [6.07, 6.45) is 0. The van der Waals surface area contributed by atoms with Crippen LogP contribution in [0.25, 0.3) is 0 Å². The van der Waals surface area contributed by atoms with Gasteiger partial charge in [-0.2, -0.15) is 0 Å². The Hall–Kier alpha value is -0.120. The first-order chi connectivity index (χ1) is 5.99. The van der Waals surface area contributed by atoms with Gasteiger partial charge in [-0.15, -0.1) is 0 Å². The van der Waals surface area contributed by atoms with Crippen LogP contribution in [-0.4, -0.2) is 62.2 Å². The first-order valence-corrected chi connectivity index (χ1v) is 5.12. The topological polar surface area (TPSA) is 18.5 Å². The molecule has 3 nitrogen and oxygen atoms in total. The quantitative estimate of drug-likeness (QED) is 0.679. The molecule has 78 valence electrons. The SMILES string of the molecule is CN(C)CCN1CCNC(C)(C)C1. The van der Waals surface area contributed by atoms with Gasteiger partial charge in [0.15, 0.2) is 0 Å². The minimum atomic E-state index is 0.296. The van der Waals surface area contributed by atoms with E-state index < -0.39 is 0 Å². The highest BCUT2D eigenvalue weighted by Gasteiger charge is 2.24. The largest absolute Gasteiger partial charge is 0.309 e. The number of rotatable bonds is 3. The molecule has 1 rings (SSSR count). The first kappa shape index (κ1) is 11.0. The van der Waals surface area contributed by atoms with E-state index in [2.05, 4.69) is 43.1 Å². The van der Waals surface area contributed by atoms with Crippen molar-refractivity contribution in [3.8, 4) is 0 Å². The average molecular weight is 185 g/mol. The summed E-state index contributed by atoms with van der Waals surface area (Å²) in [7, 11) is 4.26. The summed E-state index contributed by atoms with van der Waals surface area (Å²) in [6.45, 7) is 10.4. The normalized spacial score (nSPS) is 23.8. The molecule has 0 atom stereocenters. The lowest BCUT2D eigenvalue weighted by molar-refractivity contribution is 0.144. The molecule has 1 fully saturated rings. The Morgan fingerprint density at radius 3 is 2.62 bits per heavy atom. The molecule has 0 spiro atoms. The summed E-state index contributed by atoms with van der Waals surface area (Å²) >= 11 is 0. The smallest absolute Gasteiger partial charge is 0.0252 e. The van der Waals surface area contributed by atoms with Crippen molar-refractivity contribution in [2.45, 2.75) is 19.4 Å². The maximum absolute atomic E-state index is 3.52. The van der Waals surface area contributed by atoms with E-state index in [-0.39, 0.29) is 0 Å². The standard InChI is InChI=1S/C10H23N3/c1-10(2)9-13(6-5-11-10)8-7-12(3)4/h11H,5-9H2,1-4H3. The molecule has 0 bridgehead atoms. The highest BCUT2D eigenvalue weighted by Crippen LogP contribution is 2.09. The van der Waals surface area contributed by atoms with Crippen LogP contribution in [0.3, 0.4) is 0 Å². The van der Waals surface area contributed by atoms with Gasteiger partial charge in [0.25, 0.3) is 0 Å². The monoisotopic (exact) mass is 185 g/mol. The first-order valence-electron chi connectivity index (χ1n) is 5.12. The Labute approximate surface area is 82.1 Å². The van der Waals surface area contributed by atoms with Crippen molar-refractivity contribution in [2.24, 2.45) is 0 Å². The van der Waals surface area contributed by atoms with Gasteiger partial charge in [0.05, 0.1) is 0 Å². The Kier molecular flexibility index (Phi) is 3.71. The van der Waals surface area contributed by atoms with Crippen LogP contribution >= 0.6 is 0 Å². The lowest BCUT2D eigenvalue weighted by Gasteiger charge is -2.39. The number of likely N-dealkylation sites (N-methyl/N-ethyl adjacent to an activating group) is 1. The van der Waals surface area contributed by atoms with Crippen LogP contribution in [0.2, 0.25) is 0 Å². The molecule has 1 N–H and O–H groups in total. The van der Waals surface area contributed by atoms with Crippen molar-refractivity contribution < 1.29 is 0 Å². The third-order valence-corrected chi connectivity index (χ3v) is 2.51. The second-order valence-corrected chi connectivity index (χ2v) is 4.89. The predicted octanol–water partition coefficient (Wildman–Crippen LogP) is 0.232. The lowest BCUT2D eigenvalue weighted by atomic mass is 10.0. The molecule has 13 heavy (non-hydrogen) atoms. The Morgan fingerprint density at radius 1 is 1.38 bits per heavy atom. The molecule has 0 aromatic heterocycles. The van der Waals surface area contributed by atoms with E-state index in [9.17, 15) is 0 Å². The number of hydrogen-bond donors (Lipinski definition) is 1. The van der Waals surface area contributed by atoms with Gasteiger partial charge in [0.2, 0.25) is 0 Å². The zero-order valence-corrected chi connectivity index (χ0v) is 9.43. The molecule has 1 saturated heterocycles. The molecule has 3 heteroatoms. The van der Waals surface area contributed by atoms with E-state index in [1.165, 1.54) is 19.6 Å². The van der Waals surface area contributed by atoms with E-state index in [1.54, 1.807) is 0 Å². The van der Waals surface area contributed by atoms with Crippen LogP contribution in [0.4, 0.5) is 0 Å². The Bertz CT molecular complexity index is 154. The highest BCUT2D eigenvalue weighted by molar-refractivity contribution is 4.86. The van der Waals surface area contributed by atoms with Gasteiger partial charge < -0.3 is 10.2 Å². The van der Waals surface area contributed by atoms with Crippen LogP contribution in [-0.2, 0) is 0 Å². The fourth-order valence-electron chi connectivity index (χ4n) is 1.78. The Balaban J connectivity index is 2.26. The fourth-order valence-corrected chi connectivity index (χ4v) is 1.78. The van der Waals surface area contributed by atoms with Crippen molar-refractivity contribution in [1.82, 2.24) is 15.1 Å². The lowest BCUT2D eigenvalue weighted by Crippen LogP contribution is -2.57. The molecule has 0 saturated carbocycles. The summed E-state index contributed by atoms with van der Waals surface area (Å²) in [6, 6.07) is 0. The highest BCUT2D eigenvalue weighted by atomic mass is 15.2. The van der Waals surface area contributed by atoms with Crippen molar-refractivity contribution in [3.05, 3.63) is 0 Å². The third kappa shape index (κ3) is 4.07. The molecule has 0 aromatic rings. The van der Waals surface area contributed by atoms with Gasteiger partial charge in [0, 0.05) is 38.3 Å². The molecule has 0 unspecified atom stereocenters. The van der Waals surface area contributed by atoms with E-state index in [1.807, 2.05) is 0 Å². The molecular weight excluding hydrogens is 162 g/mol. The van der Waals surface area contributed by atoms with Crippen LogP contribution in [0.15, 0.2) is 0 Å². The maximum Gasteiger partial charge on any atom is 0.0252 e. The maximum atomic E-state index is 3.52. The van der Waals surface area contributed by atoms with Crippen LogP contribution in [0, 0.1) is 0 Å². The number of hydrogen-bond acceptors (Lipinski definition) is 3. The van der Waals surface area contributed by atoms with E-state index >= 15 is 0 Å². The minimum Gasteiger partial charge on any atom is -0.309 e. The molecule has 0 aliphatic carbocycles. The zero-order valence-electron chi connectivity index (χ0n) is 9.43. The Morgan fingerprint density at radius 2 is 2.08 bits per heavy atom. The second-order valence-electron chi connectivity index (χ2n) is 4.89. The van der Waals surface area contributed by atoms with Gasteiger partial charge in [0.1, 0.15) is 0 Å². The summed E-state index contributed by atoms with van der Waals surface area (Å²) in [5.41, 5.74) is 0.296. The molecular formula is C10H23N3. The zero-order chi connectivity index (χ0) is 9.90. The summed E-state index contributed by atoms with van der Waals surface area (Å²) in [5, 5.41) is 3.52. The average Bonchev–Trinajstić information content (AvgIpc) is 1.99. The van der Waals surface area contributed by atoms with E-state index in [4.69, 9.17) is 0 Å². The third-order valence-electron chi connectivity index (χ3n) is 2.51. The van der Waals surface area contributed by atoms with Crippen molar-refractivity contribution in [2.75, 3.05) is 46.8 Å². The van der Waals surface area contributed by atoms with Gasteiger partial charge in [-0.1, -0.05) is 0 Å². The number of nitrogens with zero attached hydrogens (tertiary/aromatic N) is 2. The molecule has 1 aliphatic rings. The van der Waals surface area contributed by atoms with Crippen molar-refractivity contribution in [1.29, 1.82) is 0 Å². The van der Waals surface area contributed by atoms with Crippen LogP contribution in [0.5, 0.6) is 0 Å². The minimum absolute atomic E-state index is 0.296. The van der Waals surface area contributed by atoms with E-state index in [0.29, 0.717) is 5.54 Å². The van der Waals surface area contributed by atoms with Crippen molar-refractivity contribution in [3.63, 3.8) is 0 Å². The van der Waals surface area contributed by atoms with Gasteiger partial charge >= 0.3 is 0 Å². The van der Waals surface area contributed by atoms with Gasteiger partial charge in [-0.3, -0.25) is 4.90 Å². The van der Waals surface area contributed by atoms with Gasteiger partial charge in [-0.05, 0) is 27.9 Å². The van der Waals surface area contributed by atoms with Crippen LogP contribution < -0.4 is 5.32 Å². The van der Waals surface area contributed by atoms with Gasteiger partial charge in [-0.25, -0.2) is 0 Å². The summed E-state index contributed by atoms with van der Waals surface area (Å²) < 4.78 is 0. The predicted molar refractivity (Wildman–Crippen MR) is 57.1 cm³/mol. The van der Waals surface area contributed by atoms with E-state index in [0.717, 1.165) is 13.1 Å². The molecule has 1 aliphatic heterocycles. The molecule has 1 heterocycles. The van der Waals surface area contributed by atoms with Crippen molar-refractivity contribution >= 4 is 0 Å². The fraction of sp³-hybridized carbons (Fsp3) is 1.00. The van der Waals surface area contributed by atoms with Crippen LogP contribution in [0.1, 0.15) is 13.8 Å². The number of nitrogens with one attached hydrogen (secondary N) is 1. The number of piperazine rings is 1. The second kappa shape index (κ2) is 4.40. The molecule has 0 aromatic carbocycles. The molecule has 0 radical (unpaired) electrons. The summed E-state index contributed by atoms with van der Waals surface area (Å²) in [5.74, 6) is 0. The molecule has 0 amide bonds. The summed E-state index contributed by atoms with van der Waals surface area (Å²) in [4.78, 5) is 4.78.